The van der Waals surface area contributed by atoms with E-state index in [0.29, 0.717) is 22.0 Å². The summed E-state index contributed by atoms with van der Waals surface area (Å²) >= 11 is 11.3. The molecule has 0 saturated heterocycles. The molecule has 1 aliphatic rings. The number of nitrogens with one attached hydrogen (secondary N) is 1. The van der Waals surface area contributed by atoms with Crippen molar-refractivity contribution < 1.29 is 0 Å². The summed E-state index contributed by atoms with van der Waals surface area (Å²) in [5.41, 5.74) is 7.52. The summed E-state index contributed by atoms with van der Waals surface area (Å²) in [6.45, 7) is 4.64. The third-order valence-corrected chi connectivity index (χ3v) is 4.83. The molecule has 1 aliphatic carbocycles. The molecule has 1 saturated carbocycles. The number of anilines is 1. The molecule has 3 N–H and O–H groups in total. The summed E-state index contributed by atoms with van der Waals surface area (Å²) in [7, 11) is 0. The predicted octanol–water partition coefficient (Wildman–Crippen LogP) is 4.21. The molecule has 0 radical (unpaired) electrons. The van der Waals surface area contributed by atoms with Gasteiger partial charge in [-0.3, -0.25) is 0 Å². The highest BCUT2D eigenvalue weighted by Crippen LogP contribution is 2.33. The molecule has 0 aromatic heterocycles. The third kappa shape index (κ3) is 3.21. The second-order valence-electron chi connectivity index (χ2n) is 5.54. The number of hydrogen-bond acceptors (Lipinski definition) is 2. The van der Waals surface area contributed by atoms with Crippen LogP contribution in [0.1, 0.15) is 38.7 Å². The van der Waals surface area contributed by atoms with Gasteiger partial charge in [-0.1, -0.05) is 56.6 Å². The molecular weight excluding hydrogens is 276 g/mol. The van der Waals surface area contributed by atoms with E-state index in [9.17, 15) is 0 Å². The monoisotopic (exact) mass is 296 g/mol. The summed E-state index contributed by atoms with van der Waals surface area (Å²) in [4.78, 5) is 0.351. The molecule has 3 atom stereocenters. The first-order valence-electron chi connectivity index (χ1n) is 6.85. The normalized spacial score (nSPS) is 27.0. The van der Waals surface area contributed by atoms with Gasteiger partial charge >= 0.3 is 0 Å². The number of nitrogens with two attached hydrogens (primary N) is 1. The van der Waals surface area contributed by atoms with Gasteiger partial charge in [-0.15, -0.1) is 0 Å². The van der Waals surface area contributed by atoms with Crippen molar-refractivity contribution in [2.24, 2.45) is 17.6 Å². The van der Waals surface area contributed by atoms with Crippen molar-refractivity contribution in [3.8, 4) is 0 Å². The van der Waals surface area contributed by atoms with Gasteiger partial charge in [0.25, 0.3) is 0 Å². The molecule has 104 valence electrons. The van der Waals surface area contributed by atoms with E-state index < -0.39 is 0 Å². The van der Waals surface area contributed by atoms with Crippen LogP contribution in [-0.2, 0) is 0 Å². The highest BCUT2D eigenvalue weighted by molar-refractivity contribution is 7.80. The van der Waals surface area contributed by atoms with Crippen molar-refractivity contribution in [2.45, 2.75) is 39.2 Å². The second kappa shape index (κ2) is 6.10. The van der Waals surface area contributed by atoms with Crippen LogP contribution in [0.15, 0.2) is 18.2 Å². The van der Waals surface area contributed by atoms with Crippen molar-refractivity contribution >= 4 is 34.5 Å². The summed E-state index contributed by atoms with van der Waals surface area (Å²) in [5, 5.41) is 4.22. The highest BCUT2D eigenvalue weighted by atomic mass is 35.5. The van der Waals surface area contributed by atoms with Crippen LogP contribution in [0.4, 0.5) is 5.69 Å². The van der Waals surface area contributed by atoms with Gasteiger partial charge in [-0.05, 0) is 30.4 Å². The van der Waals surface area contributed by atoms with E-state index in [1.807, 2.05) is 18.2 Å². The lowest BCUT2D eigenvalue weighted by Gasteiger charge is -2.35. The number of halogens is 1. The average Bonchev–Trinajstić information content (AvgIpc) is 2.34. The Labute approximate surface area is 125 Å². The molecule has 1 aromatic rings. The van der Waals surface area contributed by atoms with Crippen molar-refractivity contribution in [3.63, 3.8) is 0 Å². The van der Waals surface area contributed by atoms with Gasteiger partial charge in [-0.2, -0.15) is 0 Å². The van der Waals surface area contributed by atoms with Crippen LogP contribution >= 0.6 is 23.8 Å². The van der Waals surface area contributed by atoms with Crippen LogP contribution in [0.3, 0.4) is 0 Å². The molecule has 0 aliphatic heterocycles. The van der Waals surface area contributed by atoms with E-state index in [-0.39, 0.29) is 0 Å². The standard InChI is InChI=1S/C15H21ClN2S/c1-9-5-3-7-12(10(9)2)18-13-8-4-6-11(16)14(13)15(17)19/h4,6,8-10,12,18H,3,5,7H2,1-2H3,(H2,17,19). The zero-order valence-electron chi connectivity index (χ0n) is 11.4. The number of hydrogen-bond donors (Lipinski definition) is 2. The van der Waals surface area contributed by atoms with Gasteiger partial charge in [-0.25, -0.2) is 0 Å². The van der Waals surface area contributed by atoms with E-state index >= 15 is 0 Å². The fraction of sp³-hybridized carbons (Fsp3) is 0.533. The van der Waals surface area contributed by atoms with Gasteiger partial charge in [0.1, 0.15) is 4.99 Å². The third-order valence-electron chi connectivity index (χ3n) is 4.31. The summed E-state index contributed by atoms with van der Waals surface area (Å²) in [5.74, 6) is 1.39. The lowest BCUT2D eigenvalue weighted by Crippen LogP contribution is -2.35. The first-order chi connectivity index (χ1) is 9.00. The van der Waals surface area contributed by atoms with Gasteiger partial charge in [0.15, 0.2) is 0 Å². The maximum atomic E-state index is 6.20. The minimum atomic E-state index is 0.351. The van der Waals surface area contributed by atoms with E-state index in [1.165, 1.54) is 19.3 Å². The molecule has 0 amide bonds. The van der Waals surface area contributed by atoms with Gasteiger partial charge in [0.05, 0.1) is 10.6 Å². The summed E-state index contributed by atoms with van der Waals surface area (Å²) in [6, 6.07) is 6.24. The molecule has 0 heterocycles. The maximum absolute atomic E-state index is 6.20. The Kier molecular flexibility index (Phi) is 4.69. The minimum Gasteiger partial charge on any atom is -0.389 e. The van der Waals surface area contributed by atoms with Crippen molar-refractivity contribution in [1.29, 1.82) is 0 Å². The Morgan fingerprint density at radius 3 is 2.79 bits per heavy atom. The van der Waals surface area contributed by atoms with Crippen LogP contribution in [0.5, 0.6) is 0 Å². The van der Waals surface area contributed by atoms with E-state index in [1.54, 1.807) is 0 Å². The number of rotatable bonds is 3. The van der Waals surface area contributed by atoms with Crippen molar-refractivity contribution in [2.75, 3.05) is 5.32 Å². The number of benzene rings is 1. The van der Waals surface area contributed by atoms with Crippen molar-refractivity contribution in [3.05, 3.63) is 28.8 Å². The Balaban J connectivity index is 2.23. The summed E-state index contributed by atoms with van der Waals surface area (Å²) < 4.78 is 0. The Morgan fingerprint density at radius 1 is 1.37 bits per heavy atom. The molecule has 2 nitrogen and oxygen atoms in total. The van der Waals surface area contributed by atoms with Crippen LogP contribution in [0.2, 0.25) is 5.02 Å². The van der Waals surface area contributed by atoms with E-state index in [4.69, 9.17) is 29.6 Å². The maximum Gasteiger partial charge on any atom is 0.107 e. The SMILES string of the molecule is CC1CCCC(Nc2cccc(Cl)c2C(N)=S)C1C. The topological polar surface area (TPSA) is 38.0 Å². The largest absolute Gasteiger partial charge is 0.389 e. The van der Waals surface area contributed by atoms with Crippen LogP contribution in [-0.4, -0.2) is 11.0 Å². The molecule has 0 spiro atoms. The molecule has 4 heteroatoms. The van der Waals surface area contributed by atoms with Crippen LogP contribution in [0.25, 0.3) is 0 Å². The minimum absolute atomic E-state index is 0.351. The molecular formula is C15H21ClN2S. The molecule has 1 aromatic carbocycles. The Hall–Kier alpha value is -0.800. The quantitative estimate of drug-likeness (QED) is 0.821. The molecule has 19 heavy (non-hydrogen) atoms. The lowest BCUT2D eigenvalue weighted by atomic mass is 9.78. The van der Waals surface area contributed by atoms with E-state index in [2.05, 4.69) is 19.2 Å². The Morgan fingerprint density at radius 2 is 2.11 bits per heavy atom. The zero-order chi connectivity index (χ0) is 14.0. The van der Waals surface area contributed by atoms with Crippen LogP contribution in [0, 0.1) is 11.8 Å². The first-order valence-corrected chi connectivity index (χ1v) is 7.64. The zero-order valence-corrected chi connectivity index (χ0v) is 13.0. The predicted molar refractivity (Wildman–Crippen MR) is 86.9 cm³/mol. The smallest absolute Gasteiger partial charge is 0.107 e. The lowest BCUT2D eigenvalue weighted by molar-refractivity contribution is 0.253. The fourth-order valence-corrected chi connectivity index (χ4v) is 3.43. The van der Waals surface area contributed by atoms with Gasteiger partial charge in [0, 0.05) is 11.7 Å². The van der Waals surface area contributed by atoms with Crippen LogP contribution < -0.4 is 11.1 Å². The molecule has 2 rings (SSSR count). The molecule has 0 bridgehead atoms. The first kappa shape index (κ1) is 14.6. The molecule has 3 unspecified atom stereocenters. The van der Waals surface area contributed by atoms with Gasteiger partial charge < -0.3 is 11.1 Å². The van der Waals surface area contributed by atoms with Gasteiger partial charge in [0.2, 0.25) is 0 Å². The average molecular weight is 297 g/mol. The summed E-state index contributed by atoms with van der Waals surface area (Å²) in [6.07, 6.45) is 3.78. The Bertz CT molecular complexity index is 475. The van der Waals surface area contributed by atoms with E-state index in [0.717, 1.165) is 17.2 Å². The highest BCUT2D eigenvalue weighted by Gasteiger charge is 2.27. The number of thiocarbonyl (C=S) groups is 1. The second-order valence-corrected chi connectivity index (χ2v) is 6.39. The molecule has 1 fully saturated rings. The van der Waals surface area contributed by atoms with Crippen molar-refractivity contribution in [1.82, 2.24) is 0 Å². The fourth-order valence-electron chi connectivity index (χ4n) is 2.88.